The Morgan fingerprint density at radius 3 is 2.70 bits per heavy atom. The van der Waals surface area contributed by atoms with E-state index in [-0.39, 0.29) is 19.9 Å². The highest BCUT2D eigenvalue weighted by Gasteiger charge is 2.14. The van der Waals surface area contributed by atoms with Crippen LogP contribution in [0.15, 0.2) is 55.9 Å². The zero-order valence-electron chi connectivity index (χ0n) is 12.7. The summed E-state index contributed by atoms with van der Waals surface area (Å²) in [5.74, 6) is 0. The molecule has 0 aliphatic rings. The molecule has 1 aromatic heterocycles. The molecule has 0 amide bonds. The maximum atomic E-state index is 12.1. The Kier molecular flexibility index (Phi) is 6.40. The Bertz CT molecular complexity index is 781. The van der Waals surface area contributed by atoms with Gasteiger partial charge in [-0.2, -0.15) is 0 Å². The van der Waals surface area contributed by atoms with Gasteiger partial charge in [0.15, 0.2) is 0 Å². The van der Waals surface area contributed by atoms with Crippen LogP contribution in [0.5, 0.6) is 0 Å². The molecule has 1 heterocycles. The SMILES string of the molecule is CC=Cc1c(Sc2ccccc2)n(COCCO)c(=O)[nH]c1=O. The van der Waals surface area contributed by atoms with E-state index in [1.54, 1.807) is 19.1 Å². The molecule has 0 unspecified atom stereocenters. The molecular weight excluding hydrogens is 316 g/mol. The Morgan fingerprint density at radius 2 is 2.04 bits per heavy atom. The Balaban J connectivity index is 2.52. The zero-order valence-corrected chi connectivity index (χ0v) is 13.5. The highest BCUT2D eigenvalue weighted by Crippen LogP contribution is 2.28. The highest BCUT2D eigenvalue weighted by atomic mass is 32.2. The molecule has 1 aromatic carbocycles. The monoisotopic (exact) mass is 334 g/mol. The summed E-state index contributed by atoms with van der Waals surface area (Å²) < 4.78 is 6.61. The third kappa shape index (κ3) is 4.44. The first-order valence-electron chi connectivity index (χ1n) is 7.08. The van der Waals surface area contributed by atoms with Crippen molar-refractivity contribution >= 4 is 17.8 Å². The number of nitrogens with one attached hydrogen (secondary N) is 1. The average Bonchev–Trinajstić information content (AvgIpc) is 2.55. The van der Waals surface area contributed by atoms with E-state index in [9.17, 15) is 9.59 Å². The Labute approximate surface area is 137 Å². The van der Waals surface area contributed by atoms with Gasteiger partial charge < -0.3 is 9.84 Å². The summed E-state index contributed by atoms with van der Waals surface area (Å²) in [6, 6.07) is 9.46. The lowest BCUT2D eigenvalue weighted by molar-refractivity contribution is 0.0412. The molecule has 0 aliphatic heterocycles. The van der Waals surface area contributed by atoms with Gasteiger partial charge in [0.2, 0.25) is 0 Å². The molecule has 0 atom stereocenters. The Morgan fingerprint density at radius 1 is 1.30 bits per heavy atom. The van der Waals surface area contributed by atoms with Crippen LogP contribution in [0.4, 0.5) is 0 Å². The Hall–Kier alpha value is -2.09. The lowest BCUT2D eigenvalue weighted by Crippen LogP contribution is -2.33. The van der Waals surface area contributed by atoms with Crippen molar-refractivity contribution in [1.29, 1.82) is 0 Å². The van der Waals surface area contributed by atoms with Crippen molar-refractivity contribution in [2.75, 3.05) is 13.2 Å². The van der Waals surface area contributed by atoms with Crippen LogP contribution in [0.25, 0.3) is 6.08 Å². The van der Waals surface area contributed by atoms with Gasteiger partial charge in [-0.3, -0.25) is 14.3 Å². The van der Waals surface area contributed by atoms with Crippen LogP contribution in [0.3, 0.4) is 0 Å². The van der Waals surface area contributed by atoms with Crippen LogP contribution in [-0.4, -0.2) is 27.9 Å². The van der Waals surface area contributed by atoms with E-state index in [0.29, 0.717) is 10.6 Å². The third-order valence-corrected chi connectivity index (χ3v) is 4.07. The molecular formula is C16H18N2O4S. The quantitative estimate of drug-likeness (QED) is 0.594. The molecule has 0 spiro atoms. The first-order chi connectivity index (χ1) is 11.2. The van der Waals surface area contributed by atoms with E-state index in [4.69, 9.17) is 9.84 Å². The van der Waals surface area contributed by atoms with Gasteiger partial charge in [0.1, 0.15) is 6.73 Å². The minimum absolute atomic E-state index is 0.0457. The van der Waals surface area contributed by atoms with Crippen LogP contribution in [0.2, 0.25) is 0 Å². The fourth-order valence-electron chi connectivity index (χ4n) is 1.93. The number of H-pyrrole nitrogens is 1. The van der Waals surface area contributed by atoms with Crippen LogP contribution in [-0.2, 0) is 11.5 Å². The summed E-state index contributed by atoms with van der Waals surface area (Å²) in [5.41, 5.74) is -0.585. The lowest BCUT2D eigenvalue weighted by atomic mass is 10.3. The minimum Gasteiger partial charge on any atom is -0.394 e. The number of aromatic nitrogens is 2. The topological polar surface area (TPSA) is 84.3 Å². The first-order valence-corrected chi connectivity index (χ1v) is 7.90. The fourth-order valence-corrected chi connectivity index (χ4v) is 2.96. The third-order valence-electron chi connectivity index (χ3n) is 2.93. The van der Waals surface area contributed by atoms with Crippen molar-refractivity contribution in [3.05, 3.63) is 62.8 Å². The number of aromatic amines is 1. The number of hydrogen-bond acceptors (Lipinski definition) is 5. The van der Waals surface area contributed by atoms with Gasteiger partial charge in [-0.1, -0.05) is 42.1 Å². The van der Waals surface area contributed by atoms with E-state index in [2.05, 4.69) is 4.98 Å². The van der Waals surface area contributed by atoms with Gasteiger partial charge in [-0.05, 0) is 19.1 Å². The molecule has 6 nitrogen and oxygen atoms in total. The second kappa shape index (κ2) is 8.52. The standard InChI is InChI=1S/C16H18N2O4S/c1-2-6-13-14(20)17-16(21)18(11-22-10-9-19)15(13)23-12-7-4-3-5-8-12/h2-8,19H,9-11H2,1H3,(H,17,20,21). The average molecular weight is 334 g/mol. The number of allylic oxidation sites excluding steroid dienone is 1. The van der Waals surface area contributed by atoms with Crippen LogP contribution >= 0.6 is 11.8 Å². The van der Waals surface area contributed by atoms with Crippen LogP contribution in [0, 0.1) is 0 Å². The van der Waals surface area contributed by atoms with Gasteiger partial charge in [0.25, 0.3) is 5.56 Å². The minimum atomic E-state index is -0.542. The van der Waals surface area contributed by atoms with E-state index >= 15 is 0 Å². The second-order valence-corrected chi connectivity index (χ2v) is 5.64. The molecule has 2 aromatic rings. The molecule has 2 N–H and O–H groups in total. The molecule has 23 heavy (non-hydrogen) atoms. The van der Waals surface area contributed by atoms with E-state index < -0.39 is 11.2 Å². The molecule has 0 bridgehead atoms. The predicted molar refractivity (Wildman–Crippen MR) is 89.6 cm³/mol. The molecule has 2 rings (SSSR count). The van der Waals surface area contributed by atoms with Crippen LogP contribution in [0.1, 0.15) is 12.5 Å². The second-order valence-electron chi connectivity index (χ2n) is 4.58. The van der Waals surface area contributed by atoms with Gasteiger partial charge in [0, 0.05) is 4.90 Å². The smallest absolute Gasteiger partial charge is 0.331 e. The lowest BCUT2D eigenvalue weighted by Gasteiger charge is -2.14. The van der Waals surface area contributed by atoms with Gasteiger partial charge in [0.05, 0.1) is 23.8 Å². The number of benzene rings is 1. The first kappa shape index (κ1) is 17.3. The molecule has 0 fully saturated rings. The van der Waals surface area contributed by atoms with Crippen molar-refractivity contribution in [1.82, 2.24) is 9.55 Å². The zero-order chi connectivity index (χ0) is 16.7. The summed E-state index contributed by atoms with van der Waals surface area (Å²) in [4.78, 5) is 27.4. The van der Waals surface area contributed by atoms with Crippen molar-refractivity contribution in [3.63, 3.8) is 0 Å². The number of rotatable bonds is 7. The summed E-state index contributed by atoms with van der Waals surface area (Å²) in [5, 5.41) is 9.32. The summed E-state index contributed by atoms with van der Waals surface area (Å²) in [7, 11) is 0. The summed E-state index contributed by atoms with van der Waals surface area (Å²) >= 11 is 1.32. The van der Waals surface area contributed by atoms with E-state index in [1.807, 2.05) is 30.3 Å². The molecule has 0 saturated heterocycles. The number of aliphatic hydroxyl groups is 1. The highest BCUT2D eigenvalue weighted by molar-refractivity contribution is 7.99. The number of ether oxygens (including phenoxy) is 1. The van der Waals surface area contributed by atoms with Gasteiger partial charge in [-0.15, -0.1) is 0 Å². The molecule has 0 radical (unpaired) electrons. The summed E-state index contributed by atoms with van der Waals surface area (Å²) in [6.07, 6.45) is 3.40. The van der Waals surface area contributed by atoms with Crippen molar-refractivity contribution < 1.29 is 9.84 Å². The maximum absolute atomic E-state index is 12.1. The number of aliphatic hydroxyl groups excluding tert-OH is 1. The molecule has 122 valence electrons. The van der Waals surface area contributed by atoms with Crippen molar-refractivity contribution in [2.24, 2.45) is 0 Å². The van der Waals surface area contributed by atoms with Gasteiger partial charge >= 0.3 is 5.69 Å². The number of nitrogens with zero attached hydrogens (tertiary/aromatic N) is 1. The fraction of sp³-hybridized carbons (Fsp3) is 0.250. The molecule has 0 saturated carbocycles. The van der Waals surface area contributed by atoms with Gasteiger partial charge in [-0.25, -0.2) is 4.79 Å². The van der Waals surface area contributed by atoms with E-state index in [0.717, 1.165) is 4.90 Å². The predicted octanol–water partition coefficient (Wildman–Crippen LogP) is 1.69. The van der Waals surface area contributed by atoms with E-state index in [1.165, 1.54) is 16.3 Å². The molecule has 7 heteroatoms. The normalized spacial score (nSPS) is 11.2. The largest absolute Gasteiger partial charge is 0.394 e. The molecule has 0 aliphatic carbocycles. The van der Waals surface area contributed by atoms with Crippen molar-refractivity contribution in [3.8, 4) is 0 Å². The van der Waals surface area contributed by atoms with Crippen molar-refractivity contribution in [2.45, 2.75) is 23.6 Å². The van der Waals surface area contributed by atoms with Crippen LogP contribution < -0.4 is 11.2 Å². The maximum Gasteiger partial charge on any atom is 0.331 e. The number of hydrogen-bond donors (Lipinski definition) is 2. The summed E-state index contributed by atoms with van der Waals surface area (Å²) in [6.45, 7) is 1.73.